The van der Waals surface area contributed by atoms with Crippen LogP contribution in [0, 0.1) is 11.6 Å². The lowest BCUT2D eigenvalue weighted by Gasteiger charge is -2.12. The van der Waals surface area contributed by atoms with Gasteiger partial charge in [0.05, 0.1) is 5.56 Å². The minimum absolute atomic E-state index is 0.340. The predicted octanol–water partition coefficient (Wildman–Crippen LogP) is 4.00. The van der Waals surface area contributed by atoms with Gasteiger partial charge >= 0.3 is 0 Å². The molecule has 2 aromatic rings. The van der Waals surface area contributed by atoms with Crippen LogP contribution in [-0.4, -0.2) is 16.4 Å². The molecule has 128 valence electrons. The van der Waals surface area contributed by atoms with E-state index in [9.17, 15) is 17.8 Å². The second kappa shape index (κ2) is 7.72. The Kier molecular flexibility index (Phi) is 5.90. The van der Waals surface area contributed by atoms with E-state index in [1.807, 2.05) is 11.6 Å². The van der Waals surface area contributed by atoms with Gasteiger partial charge in [-0.2, -0.15) is 0 Å². The van der Waals surface area contributed by atoms with E-state index in [-0.39, 0.29) is 5.75 Å². The molecule has 8 heteroatoms. The van der Waals surface area contributed by atoms with E-state index in [4.69, 9.17) is 16.3 Å². The molecule has 2 aromatic carbocycles. The minimum atomic E-state index is -1.69. The Labute approximate surface area is 145 Å². The molecule has 1 atom stereocenters. The normalized spacial score (nSPS) is 11.9. The average Bonchev–Trinajstić information content (AvgIpc) is 2.51. The SMILES string of the molecule is CCc1cc(Cl)ccc1Oc1cc(F)c(C(=O)NS(C)=O)cc1F. The van der Waals surface area contributed by atoms with Crippen molar-refractivity contribution < 1.29 is 22.5 Å². The maximum absolute atomic E-state index is 14.2. The number of rotatable bonds is 5. The van der Waals surface area contributed by atoms with Crippen molar-refractivity contribution in [3.05, 3.63) is 58.1 Å². The summed E-state index contributed by atoms with van der Waals surface area (Å²) in [5, 5.41) is 0.505. The van der Waals surface area contributed by atoms with Crippen LogP contribution in [-0.2, 0) is 17.4 Å². The van der Waals surface area contributed by atoms with Crippen molar-refractivity contribution in [3.63, 3.8) is 0 Å². The number of carbonyl (C=O) groups excluding carboxylic acids is 1. The summed E-state index contributed by atoms with van der Waals surface area (Å²) in [6, 6.07) is 6.27. The number of amides is 1. The fourth-order valence-corrected chi connectivity index (χ4v) is 2.57. The van der Waals surface area contributed by atoms with E-state index in [1.54, 1.807) is 18.2 Å². The predicted molar refractivity (Wildman–Crippen MR) is 88.8 cm³/mol. The Morgan fingerprint density at radius 1 is 1.21 bits per heavy atom. The van der Waals surface area contributed by atoms with E-state index >= 15 is 0 Å². The van der Waals surface area contributed by atoms with Crippen molar-refractivity contribution >= 4 is 28.5 Å². The van der Waals surface area contributed by atoms with Crippen LogP contribution in [0.2, 0.25) is 5.02 Å². The lowest BCUT2D eigenvalue weighted by molar-refractivity contribution is 0.0978. The van der Waals surface area contributed by atoms with Crippen LogP contribution in [0.4, 0.5) is 8.78 Å². The smallest absolute Gasteiger partial charge is 0.266 e. The largest absolute Gasteiger partial charge is 0.454 e. The zero-order valence-electron chi connectivity index (χ0n) is 12.9. The summed E-state index contributed by atoms with van der Waals surface area (Å²) < 4.78 is 46.6. The Bertz CT molecular complexity index is 814. The monoisotopic (exact) mass is 373 g/mol. The maximum Gasteiger partial charge on any atom is 0.266 e. The second-order valence-corrected chi connectivity index (χ2v) is 6.40. The van der Waals surface area contributed by atoms with Crippen molar-refractivity contribution in [3.8, 4) is 11.5 Å². The third kappa shape index (κ3) is 4.30. The van der Waals surface area contributed by atoms with Gasteiger partial charge in [-0.3, -0.25) is 9.52 Å². The van der Waals surface area contributed by atoms with Crippen LogP contribution in [0.1, 0.15) is 22.8 Å². The number of carbonyl (C=O) groups is 1. The zero-order valence-corrected chi connectivity index (χ0v) is 14.4. The van der Waals surface area contributed by atoms with Gasteiger partial charge in [-0.05, 0) is 36.2 Å². The summed E-state index contributed by atoms with van der Waals surface area (Å²) in [5.41, 5.74) is 0.173. The molecule has 1 N–H and O–H groups in total. The molecule has 0 spiro atoms. The van der Waals surface area contributed by atoms with Gasteiger partial charge in [-0.1, -0.05) is 18.5 Å². The first-order valence-corrected chi connectivity index (χ1v) is 8.85. The van der Waals surface area contributed by atoms with E-state index < -0.39 is 34.1 Å². The Morgan fingerprint density at radius 2 is 1.92 bits per heavy atom. The van der Waals surface area contributed by atoms with Gasteiger partial charge in [0.15, 0.2) is 11.6 Å². The van der Waals surface area contributed by atoms with Crippen molar-refractivity contribution in [2.24, 2.45) is 0 Å². The standard InChI is InChI=1S/C16H14ClF2NO3S/c1-3-9-6-10(17)4-5-14(9)23-15-8-12(18)11(7-13(15)19)16(21)20-24(2)22/h4-8H,3H2,1-2H3,(H,20,21). The fourth-order valence-electron chi connectivity index (χ4n) is 2.01. The molecule has 0 aliphatic heterocycles. The molecular formula is C16H14ClF2NO3S. The van der Waals surface area contributed by atoms with E-state index in [1.165, 1.54) is 6.26 Å². The average molecular weight is 374 g/mol. The first kappa shape index (κ1) is 18.4. The third-order valence-corrected chi connectivity index (χ3v) is 3.83. The summed E-state index contributed by atoms with van der Waals surface area (Å²) in [4.78, 5) is 11.7. The molecule has 0 aliphatic rings. The third-order valence-electron chi connectivity index (χ3n) is 3.13. The quantitative estimate of drug-likeness (QED) is 0.862. The number of hydrogen-bond donors (Lipinski definition) is 1. The van der Waals surface area contributed by atoms with Gasteiger partial charge in [-0.15, -0.1) is 0 Å². The molecule has 2 rings (SSSR count). The second-order valence-electron chi connectivity index (χ2n) is 4.86. The molecule has 0 fully saturated rings. The van der Waals surface area contributed by atoms with Gasteiger partial charge in [0.1, 0.15) is 22.6 Å². The van der Waals surface area contributed by atoms with Crippen LogP contribution in [0.5, 0.6) is 11.5 Å². The van der Waals surface area contributed by atoms with E-state index in [0.29, 0.717) is 23.3 Å². The highest BCUT2D eigenvalue weighted by Gasteiger charge is 2.18. The summed E-state index contributed by atoms with van der Waals surface area (Å²) in [5.74, 6) is -2.90. The van der Waals surface area contributed by atoms with Gasteiger partial charge in [-0.25, -0.2) is 13.0 Å². The van der Waals surface area contributed by atoms with E-state index in [0.717, 1.165) is 11.6 Å². The molecule has 0 aromatic heterocycles. The highest BCUT2D eigenvalue weighted by atomic mass is 35.5. The maximum atomic E-state index is 14.2. The summed E-state index contributed by atoms with van der Waals surface area (Å²) >= 11 is 5.89. The number of benzene rings is 2. The first-order valence-electron chi connectivity index (χ1n) is 6.91. The van der Waals surface area contributed by atoms with Crippen LogP contribution in [0.3, 0.4) is 0 Å². The fraction of sp³-hybridized carbons (Fsp3) is 0.188. The van der Waals surface area contributed by atoms with Gasteiger partial charge < -0.3 is 4.74 Å². The van der Waals surface area contributed by atoms with Crippen molar-refractivity contribution in [1.29, 1.82) is 0 Å². The van der Waals surface area contributed by atoms with Crippen molar-refractivity contribution in [1.82, 2.24) is 4.72 Å². The van der Waals surface area contributed by atoms with Crippen LogP contribution < -0.4 is 9.46 Å². The summed E-state index contributed by atoms with van der Waals surface area (Å²) in [6.45, 7) is 1.87. The number of nitrogens with one attached hydrogen (secondary N) is 1. The molecule has 4 nitrogen and oxygen atoms in total. The summed E-state index contributed by atoms with van der Waals surface area (Å²) in [6.07, 6.45) is 1.79. The molecule has 0 saturated heterocycles. The molecule has 0 saturated carbocycles. The first-order chi connectivity index (χ1) is 11.3. The minimum Gasteiger partial charge on any atom is -0.454 e. The van der Waals surface area contributed by atoms with Crippen molar-refractivity contribution in [2.45, 2.75) is 13.3 Å². The van der Waals surface area contributed by atoms with Gasteiger partial charge in [0.2, 0.25) is 0 Å². The highest BCUT2D eigenvalue weighted by molar-refractivity contribution is 7.82. The topological polar surface area (TPSA) is 55.4 Å². The molecule has 0 bridgehead atoms. The van der Waals surface area contributed by atoms with Crippen molar-refractivity contribution in [2.75, 3.05) is 6.26 Å². The Hall–Kier alpha value is -1.99. The lowest BCUT2D eigenvalue weighted by atomic mass is 10.1. The van der Waals surface area contributed by atoms with Gasteiger partial charge in [0, 0.05) is 17.3 Å². The molecular weight excluding hydrogens is 360 g/mol. The lowest BCUT2D eigenvalue weighted by Crippen LogP contribution is -2.25. The number of hydrogen-bond acceptors (Lipinski definition) is 3. The zero-order chi connectivity index (χ0) is 17.9. The van der Waals surface area contributed by atoms with Crippen LogP contribution >= 0.6 is 11.6 Å². The molecule has 0 heterocycles. The molecule has 1 unspecified atom stereocenters. The Morgan fingerprint density at radius 3 is 2.54 bits per heavy atom. The molecule has 0 aliphatic carbocycles. The van der Waals surface area contributed by atoms with Crippen LogP contribution in [0.25, 0.3) is 0 Å². The molecule has 0 radical (unpaired) electrons. The van der Waals surface area contributed by atoms with Gasteiger partial charge in [0.25, 0.3) is 5.91 Å². The number of ether oxygens (including phenoxy) is 1. The van der Waals surface area contributed by atoms with Crippen LogP contribution in [0.15, 0.2) is 30.3 Å². The highest BCUT2D eigenvalue weighted by Crippen LogP contribution is 2.31. The van der Waals surface area contributed by atoms with E-state index in [2.05, 4.69) is 0 Å². The Balaban J connectivity index is 2.35. The number of aryl methyl sites for hydroxylation is 1. The molecule has 1 amide bonds. The number of halogens is 3. The molecule has 24 heavy (non-hydrogen) atoms. The summed E-state index contributed by atoms with van der Waals surface area (Å²) in [7, 11) is -1.69.